The molecule has 0 saturated heterocycles. The Morgan fingerprint density at radius 1 is 1.28 bits per heavy atom. The lowest BCUT2D eigenvalue weighted by atomic mass is 10.1. The Hall–Kier alpha value is -1.39. The molecule has 3 nitrogen and oxygen atoms in total. The summed E-state index contributed by atoms with van der Waals surface area (Å²) in [6.45, 7) is 0. The lowest BCUT2D eigenvalue weighted by molar-refractivity contribution is 0.398. The van der Waals surface area contributed by atoms with Crippen LogP contribution in [0.5, 0.6) is 0 Å². The predicted molar refractivity (Wildman–Crippen MR) is 74.9 cm³/mol. The number of alkyl halides is 1. The van der Waals surface area contributed by atoms with Crippen molar-refractivity contribution in [2.75, 3.05) is 0 Å². The maximum absolute atomic E-state index is 6.16. The fourth-order valence-corrected chi connectivity index (χ4v) is 2.33. The Bertz CT molecular complexity index is 711. The van der Waals surface area contributed by atoms with Gasteiger partial charge in [-0.15, -0.1) is 0 Å². The molecule has 0 radical (unpaired) electrons. The average Bonchev–Trinajstić information content (AvgIpc) is 2.88. The van der Waals surface area contributed by atoms with Gasteiger partial charge in [-0.05, 0) is 24.3 Å². The second-order valence-electron chi connectivity index (χ2n) is 3.81. The first-order valence-electron chi connectivity index (χ1n) is 5.35. The zero-order valence-electron chi connectivity index (χ0n) is 9.23. The van der Waals surface area contributed by atoms with Gasteiger partial charge in [-0.3, -0.25) is 4.98 Å². The summed E-state index contributed by atoms with van der Waals surface area (Å²) in [7, 11) is 0. The van der Waals surface area contributed by atoms with Crippen LogP contribution >= 0.6 is 27.5 Å². The molecular weight excluding hydrogens is 316 g/mol. The second-order valence-corrected chi connectivity index (χ2v) is 4.77. The molecule has 2 aromatic heterocycles. The summed E-state index contributed by atoms with van der Waals surface area (Å²) < 4.78 is 5.19. The van der Waals surface area contributed by atoms with Gasteiger partial charge in [0.15, 0.2) is 0 Å². The molecule has 0 fully saturated rings. The summed E-state index contributed by atoms with van der Waals surface area (Å²) in [5.41, 5.74) is 2.52. The van der Waals surface area contributed by atoms with E-state index in [1.54, 1.807) is 6.20 Å². The summed E-state index contributed by atoms with van der Waals surface area (Å²) in [5.74, 6) is 0.782. The fourth-order valence-electron chi connectivity index (χ4n) is 1.85. The normalized spacial score (nSPS) is 11.0. The van der Waals surface area contributed by atoms with Crippen molar-refractivity contribution in [3.8, 4) is 11.3 Å². The van der Waals surface area contributed by atoms with Crippen LogP contribution in [0.1, 0.15) is 5.76 Å². The van der Waals surface area contributed by atoms with Gasteiger partial charge in [-0.1, -0.05) is 32.7 Å². The third-order valence-electron chi connectivity index (χ3n) is 2.68. The van der Waals surface area contributed by atoms with E-state index in [-0.39, 0.29) is 0 Å². The Morgan fingerprint density at radius 3 is 2.94 bits per heavy atom. The SMILES string of the molecule is Clc1ccc(-c2cc(CBr)on2)c2ncccc12. The molecule has 0 aliphatic heterocycles. The molecule has 0 atom stereocenters. The number of rotatable bonds is 2. The molecule has 18 heavy (non-hydrogen) atoms. The van der Waals surface area contributed by atoms with E-state index in [0.29, 0.717) is 10.4 Å². The van der Waals surface area contributed by atoms with Crippen LogP contribution in [0.15, 0.2) is 41.1 Å². The Balaban J connectivity index is 2.26. The first kappa shape index (κ1) is 11.7. The zero-order valence-corrected chi connectivity index (χ0v) is 11.6. The largest absolute Gasteiger partial charge is 0.360 e. The minimum atomic E-state index is 0.638. The molecule has 2 heterocycles. The molecule has 1 aromatic carbocycles. The minimum Gasteiger partial charge on any atom is -0.360 e. The van der Waals surface area contributed by atoms with Gasteiger partial charge in [-0.2, -0.15) is 0 Å². The summed E-state index contributed by atoms with van der Waals surface area (Å²) >= 11 is 9.49. The molecule has 0 amide bonds. The maximum Gasteiger partial charge on any atom is 0.147 e. The van der Waals surface area contributed by atoms with E-state index in [1.165, 1.54) is 0 Å². The molecule has 90 valence electrons. The number of aromatic nitrogens is 2. The minimum absolute atomic E-state index is 0.638. The molecule has 3 aromatic rings. The topological polar surface area (TPSA) is 38.9 Å². The maximum atomic E-state index is 6.16. The van der Waals surface area contributed by atoms with Crippen molar-refractivity contribution < 1.29 is 4.52 Å². The van der Waals surface area contributed by atoms with Crippen LogP contribution in [-0.2, 0) is 5.33 Å². The van der Waals surface area contributed by atoms with Gasteiger partial charge in [0.1, 0.15) is 11.5 Å². The van der Waals surface area contributed by atoms with Crippen molar-refractivity contribution in [3.63, 3.8) is 0 Å². The molecule has 0 aliphatic carbocycles. The van der Waals surface area contributed by atoms with E-state index in [1.807, 2.05) is 30.3 Å². The molecule has 5 heteroatoms. The van der Waals surface area contributed by atoms with Crippen LogP contribution in [0.2, 0.25) is 5.02 Å². The second kappa shape index (κ2) is 4.71. The summed E-state index contributed by atoms with van der Waals surface area (Å²) in [6.07, 6.45) is 1.74. The molecule has 0 spiro atoms. The van der Waals surface area contributed by atoms with Gasteiger partial charge in [0.2, 0.25) is 0 Å². The Morgan fingerprint density at radius 2 is 2.17 bits per heavy atom. The van der Waals surface area contributed by atoms with Crippen molar-refractivity contribution in [3.05, 3.63) is 47.3 Å². The number of benzene rings is 1. The molecular formula is C13H8BrClN2O. The van der Waals surface area contributed by atoms with E-state index >= 15 is 0 Å². The first-order chi connectivity index (χ1) is 8.79. The highest BCUT2D eigenvalue weighted by Crippen LogP contribution is 2.31. The van der Waals surface area contributed by atoms with Crippen LogP contribution < -0.4 is 0 Å². The van der Waals surface area contributed by atoms with Crippen LogP contribution in [-0.4, -0.2) is 10.1 Å². The predicted octanol–water partition coefficient (Wildman–Crippen LogP) is 4.44. The van der Waals surface area contributed by atoms with Gasteiger partial charge in [0.05, 0.1) is 15.9 Å². The molecule has 3 rings (SSSR count). The number of nitrogens with zero attached hydrogens (tertiary/aromatic N) is 2. The van der Waals surface area contributed by atoms with E-state index in [9.17, 15) is 0 Å². The molecule has 0 unspecified atom stereocenters. The van der Waals surface area contributed by atoms with E-state index in [0.717, 1.165) is 27.9 Å². The Labute approximate surface area is 117 Å². The van der Waals surface area contributed by atoms with Crippen molar-refractivity contribution in [1.82, 2.24) is 10.1 Å². The van der Waals surface area contributed by atoms with Crippen LogP contribution in [0.4, 0.5) is 0 Å². The zero-order chi connectivity index (χ0) is 12.5. The van der Waals surface area contributed by atoms with Gasteiger partial charge in [0, 0.05) is 23.2 Å². The summed E-state index contributed by atoms with van der Waals surface area (Å²) in [4.78, 5) is 4.38. The number of hydrogen-bond acceptors (Lipinski definition) is 3. The monoisotopic (exact) mass is 322 g/mol. The number of pyridine rings is 1. The van der Waals surface area contributed by atoms with Gasteiger partial charge >= 0.3 is 0 Å². The molecule has 0 aliphatic rings. The molecule has 0 saturated carbocycles. The van der Waals surface area contributed by atoms with Crippen LogP contribution in [0, 0.1) is 0 Å². The van der Waals surface area contributed by atoms with Crippen molar-refractivity contribution in [2.24, 2.45) is 0 Å². The van der Waals surface area contributed by atoms with Gasteiger partial charge in [-0.25, -0.2) is 0 Å². The van der Waals surface area contributed by atoms with Crippen LogP contribution in [0.3, 0.4) is 0 Å². The highest BCUT2D eigenvalue weighted by molar-refractivity contribution is 9.08. The number of halogens is 2. The summed E-state index contributed by atoms with van der Waals surface area (Å²) in [5, 5.41) is 6.29. The standard InChI is InChI=1S/C13H8BrClN2O/c14-7-8-6-12(17-18-8)10-3-4-11(15)9-2-1-5-16-13(9)10/h1-6H,7H2. The highest BCUT2D eigenvalue weighted by Gasteiger charge is 2.11. The highest BCUT2D eigenvalue weighted by atomic mass is 79.9. The third kappa shape index (κ3) is 1.91. The lowest BCUT2D eigenvalue weighted by Gasteiger charge is -2.03. The smallest absolute Gasteiger partial charge is 0.147 e. The molecule has 0 N–H and O–H groups in total. The number of hydrogen-bond donors (Lipinski definition) is 0. The van der Waals surface area contributed by atoms with Crippen molar-refractivity contribution in [1.29, 1.82) is 0 Å². The average molecular weight is 324 g/mol. The fraction of sp³-hybridized carbons (Fsp3) is 0.0769. The van der Waals surface area contributed by atoms with Gasteiger partial charge in [0.25, 0.3) is 0 Å². The van der Waals surface area contributed by atoms with E-state index in [4.69, 9.17) is 16.1 Å². The first-order valence-corrected chi connectivity index (χ1v) is 6.84. The van der Waals surface area contributed by atoms with Crippen molar-refractivity contribution in [2.45, 2.75) is 5.33 Å². The third-order valence-corrected chi connectivity index (χ3v) is 3.57. The van der Waals surface area contributed by atoms with Crippen LogP contribution in [0.25, 0.3) is 22.2 Å². The van der Waals surface area contributed by atoms with Gasteiger partial charge < -0.3 is 4.52 Å². The quantitative estimate of drug-likeness (QED) is 0.655. The van der Waals surface area contributed by atoms with E-state index in [2.05, 4.69) is 26.1 Å². The Kier molecular flexibility index (Phi) is 3.06. The van der Waals surface area contributed by atoms with Crippen molar-refractivity contribution >= 4 is 38.4 Å². The summed E-state index contributed by atoms with van der Waals surface area (Å²) in [6, 6.07) is 9.47. The lowest BCUT2D eigenvalue weighted by Crippen LogP contribution is -1.85. The molecule has 0 bridgehead atoms. The number of fused-ring (bicyclic) bond motifs is 1. The van der Waals surface area contributed by atoms with E-state index < -0.39 is 0 Å².